The zero-order valence-electron chi connectivity index (χ0n) is 11.9. The van der Waals surface area contributed by atoms with Gasteiger partial charge in [-0.2, -0.15) is 0 Å². The van der Waals surface area contributed by atoms with Crippen molar-refractivity contribution in [3.05, 3.63) is 29.8 Å². The molecule has 0 bridgehead atoms. The Morgan fingerprint density at radius 2 is 1.84 bits per heavy atom. The molecule has 104 valence electrons. The Labute approximate surface area is 116 Å². The van der Waals surface area contributed by atoms with Crippen molar-refractivity contribution in [3.8, 4) is 0 Å². The smallest absolute Gasteiger partial charge is 0.0781 e. The predicted molar refractivity (Wildman–Crippen MR) is 79.4 cm³/mol. The van der Waals surface area contributed by atoms with Crippen LogP contribution in [0.1, 0.15) is 50.7 Å². The summed E-state index contributed by atoms with van der Waals surface area (Å²) in [6, 6.07) is 8.35. The molecule has 1 aliphatic carbocycles. The van der Waals surface area contributed by atoms with Gasteiger partial charge in [-0.3, -0.25) is 0 Å². The zero-order chi connectivity index (χ0) is 13.2. The molecule has 1 heterocycles. The second-order valence-electron chi connectivity index (χ2n) is 6.27. The van der Waals surface area contributed by atoms with E-state index in [9.17, 15) is 5.11 Å². The lowest BCUT2D eigenvalue weighted by molar-refractivity contribution is 0.193. The molecule has 2 unspecified atom stereocenters. The number of nitrogens with zero attached hydrogens (tertiary/aromatic N) is 1. The van der Waals surface area contributed by atoms with Gasteiger partial charge < -0.3 is 10.0 Å². The Bertz CT molecular complexity index is 429. The van der Waals surface area contributed by atoms with Gasteiger partial charge in [-0.05, 0) is 37.7 Å². The van der Waals surface area contributed by atoms with Crippen LogP contribution in [-0.2, 0) is 0 Å². The van der Waals surface area contributed by atoms with Gasteiger partial charge in [0.15, 0.2) is 0 Å². The van der Waals surface area contributed by atoms with Crippen molar-refractivity contribution in [2.75, 3.05) is 18.0 Å². The molecule has 1 aliphatic heterocycles. The van der Waals surface area contributed by atoms with Crippen LogP contribution < -0.4 is 4.90 Å². The summed E-state index contributed by atoms with van der Waals surface area (Å²) in [4.78, 5) is 2.51. The summed E-state index contributed by atoms with van der Waals surface area (Å²) >= 11 is 0. The minimum Gasteiger partial charge on any atom is -0.389 e. The molecule has 0 spiro atoms. The third-order valence-corrected chi connectivity index (χ3v) is 5.02. The normalized spacial score (nSPS) is 28.8. The van der Waals surface area contributed by atoms with Crippen molar-refractivity contribution in [2.45, 2.75) is 45.1 Å². The lowest BCUT2D eigenvalue weighted by atomic mass is 9.75. The monoisotopic (exact) mass is 259 g/mol. The van der Waals surface area contributed by atoms with E-state index in [1.165, 1.54) is 44.3 Å². The molecule has 2 heteroatoms. The number of fused-ring (bicyclic) bond motifs is 1. The highest BCUT2D eigenvalue weighted by molar-refractivity contribution is 5.55. The number of anilines is 1. The van der Waals surface area contributed by atoms with E-state index in [2.05, 4.69) is 23.1 Å². The van der Waals surface area contributed by atoms with Crippen LogP contribution in [-0.4, -0.2) is 18.2 Å². The summed E-state index contributed by atoms with van der Waals surface area (Å²) < 4.78 is 0. The second-order valence-corrected chi connectivity index (χ2v) is 6.27. The van der Waals surface area contributed by atoms with Gasteiger partial charge in [-0.1, -0.05) is 37.5 Å². The van der Waals surface area contributed by atoms with Gasteiger partial charge in [0, 0.05) is 24.3 Å². The van der Waals surface area contributed by atoms with Crippen molar-refractivity contribution < 1.29 is 5.11 Å². The van der Waals surface area contributed by atoms with E-state index in [1.54, 1.807) is 0 Å². The number of aliphatic hydroxyl groups excluding tert-OH is 1. The fourth-order valence-corrected chi connectivity index (χ4v) is 3.95. The van der Waals surface area contributed by atoms with Gasteiger partial charge in [0.25, 0.3) is 0 Å². The fourth-order valence-electron chi connectivity index (χ4n) is 3.95. The molecule has 1 saturated heterocycles. The highest BCUT2D eigenvalue weighted by atomic mass is 16.3. The molecular weight excluding hydrogens is 234 g/mol. The molecule has 1 aromatic rings. The second kappa shape index (κ2) is 5.54. The van der Waals surface area contributed by atoms with E-state index in [4.69, 9.17) is 0 Å². The van der Waals surface area contributed by atoms with Gasteiger partial charge in [-0.25, -0.2) is 0 Å². The SMILES string of the molecule is C[C@H](O)c1ccccc1N1CCC2CCCCC2C1. The number of benzene rings is 1. The number of para-hydroxylation sites is 1. The molecule has 2 fully saturated rings. The Balaban J connectivity index is 1.79. The fraction of sp³-hybridized carbons (Fsp3) is 0.647. The molecule has 0 radical (unpaired) electrons. The molecule has 3 atom stereocenters. The summed E-state index contributed by atoms with van der Waals surface area (Å²) in [6.07, 6.45) is 6.64. The third kappa shape index (κ3) is 2.64. The van der Waals surface area contributed by atoms with Crippen LogP contribution in [0, 0.1) is 11.8 Å². The van der Waals surface area contributed by atoms with E-state index in [-0.39, 0.29) is 6.10 Å². The minimum atomic E-state index is -0.375. The van der Waals surface area contributed by atoms with E-state index in [0.717, 1.165) is 23.9 Å². The minimum absolute atomic E-state index is 0.375. The zero-order valence-corrected chi connectivity index (χ0v) is 11.9. The van der Waals surface area contributed by atoms with E-state index >= 15 is 0 Å². The highest BCUT2D eigenvalue weighted by Crippen LogP contribution is 2.38. The molecule has 2 nitrogen and oxygen atoms in total. The number of hydrogen-bond donors (Lipinski definition) is 1. The van der Waals surface area contributed by atoms with Gasteiger partial charge in [-0.15, -0.1) is 0 Å². The molecule has 1 aromatic carbocycles. The number of piperidine rings is 1. The molecule has 3 rings (SSSR count). The maximum absolute atomic E-state index is 9.94. The quantitative estimate of drug-likeness (QED) is 0.874. The van der Waals surface area contributed by atoms with E-state index in [1.807, 2.05) is 13.0 Å². The molecule has 0 amide bonds. The van der Waals surface area contributed by atoms with Crippen LogP contribution in [0.15, 0.2) is 24.3 Å². The van der Waals surface area contributed by atoms with Crippen LogP contribution in [0.2, 0.25) is 0 Å². The Kier molecular flexibility index (Phi) is 3.79. The predicted octanol–water partition coefficient (Wildman–Crippen LogP) is 3.76. The maximum Gasteiger partial charge on any atom is 0.0781 e. The van der Waals surface area contributed by atoms with Crippen molar-refractivity contribution in [2.24, 2.45) is 11.8 Å². The summed E-state index contributed by atoms with van der Waals surface area (Å²) in [5.41, 5.74) is 2.33. The maximum atomic E-state index is 9.94. The Morgan fingerprint density at radius 3 is 2.63 bits per heavy atom. The molecule has 1 saturated carbocycles. The van der Waals surface area contributed by atoms with E-state index in [0.29, 0.717) is 0 Å². The molecular formula is C17H25NO. The molecule has 0 aromatic heterocycles. The number of aliphatic hydroxyl groups is 1. The molecule has 19 heavy (non-hydrogen) atoms. The van der Waals surface area contributed by atoms with Crippen molar-refractivity contribution in [1.29, 1.82) is 0 Å². The van der Waals surface area contributed by atoms with Crippen molar-refractivity contribution >= 4 is 5.69 Å². The van der Waals surface area contributed by atoms with Crippen molar-refractivity contribution in [1.82, 2.24) is 0 Å². The Morgan fingerprint density at radius 1 is 1.11 bits per heavy atom. The summed E-state index contributed by atoms with van der Waals surface area (Å²) in [5.74, 6) is 1.84. The lowest BCUT2D eigenvalue weighted by Crippen LogP contribution is -2.42. The average molecular weight is 259 g/mol. The molecule has 1 N–H and O–H groups in total. The molecule has 2 aliphatic rings. The number of rotatable bonds is 2. The first kappa shape index (κ1) is 13.0. The summed E-state index contributed by atoms with van der Waals surface area (Å²) in [5, 5.41) is 9.94. The summed E-state index contributed by atoms with van der Waals surface area (Å²) in [6.45, 7) is 4.21. The first-order valence-corrected chi connectivity index (χ1v) is 7.77. The standard InChI is InChI=1S/C17H25NO/c1-13(19)16-8-4-5-9-17(16)18-11-10-14-6-2-3-7-15(14)12-18/h4-5,8-9,13-15,19H,2-3,6-7,10-12H2,1H3/t13-,14?,15?/m0/s1. The first-order valence-electron chi connectivity index (χ1n) is 7.77. The van der Waals surface area contributed by atoms with Gasteiger partial charge in [0.2, 0.25) is 0 Å². The van der Waals surface area contributed by atoms with Gasteiger partial charge in [0.1, 0.15) is 0 Å². The number of hydrogen-bond acceptors (Lipinski definition) is 2. The first-order chi connectivity index (χ1) is 9.25. The van der Waals surface area contributed by atoms with Crippen LogP contribution in [0.4, 0.5) is 5.69 Å². The highest BCUT2D eigenvalue weighted by Gasteiger charge is 2.31. The lowest BCUT2D eigenvalue weighted by Gasteiger charge is -2.43. The van der Waals surface area contributed by atoms with Crippen LogP contribution in [0.25, 0.3) is 0 Å². The topological polar surface area (TPSA) is 23.5 Å². The average Bonchev–Trinajstić information content (AvgIpc) is 2.46. The largest absolute Gasteiger partial charge is 0.389 e. The summed E-state index contributed by atoms with van der Waals surface area (Å²) in [7, 11) is 0. The van der Waals surface area contributed by atoms with Crippen LogP contribution >= 0.6 is 0 Å². The Hall–Kier alpha value is -1.02. The van der Waals surface area contributed by atoms with E-state index < -0.39 is 0 Å². The van der Waals surface area contributed by atoms with Crippen molar-refractivity contribution in [3.63, 3.8) is 0 Å². The van der Waals surface area contributed by atoms with Gasteiger partial charge >= 0.3 is 0 Å². The van der Waals surface area contributed by atoms with Crippen LogP contribution in [0.5, 0.6) is 0 Å². The van der Waals surface area contributed by atoms with Gasteiger partial charge in [0.05, 0.1) is 6.10 Å². The third-order valence-electron chi connectivity index (χ3n) is 5.02. The van der Waals surface area contributed by atoms with Crippen LogP contribution in [0.3, 0.4) is 0 Å².